The third-order valence-electron chi connectivity index (χ3n) is 3.25. The molecule has 2 heteroatoms. The summed E-state index contributed by atoms with van der Waals surface area (Å²) in [7, 11) is 2.05. The first-order valence-corrected chi connectivity index (χ1v) is 6.16. The molecule has 16 heavy (non-hydrogen) atoms. The van der Waals surface area contributed by atoms with Crippen molar-refractivity contribution in [3.8, 4) is 5.75 Å². The van der Waals surface area contributed by atoms with E-state index in [4.69, 9.17) is 4.74 Å². The molecule has 1 aromatic rings. The number of hydrogen-bond acceptors (Lipinski definition) is 2. The van der Waals surface area contributed by atoms with Gasteiger partial charge in [-0.05, 0) is 56.8 Å². The number of nitrogens with one attached hydrogen (secondary N) is 1. The van der Waals surface area contributed by atoms with E-state index >= 15 is 0 Å². The van der Waals surface area contributed by atoms with Crippen molar-refractivity contribution in [3.63, 3.8) is 0 Å². The van der Waals surface area contributed by atoms with Crippen molar-refractivity contribution in [2.45, 2.75) is 32.2 Å². The molecule has 1 N–H and O–H groups in total. The summed E-state index contributed by atoms with van der Waals surface area (Å²) >= 11 is 0. The van der Waals surface area contributed by atoms with Crippen LogP contribution in [0, 0.1) is 12.8 Å². The molecule has 0 radical (unpaired) electrons. The molecule has 1 aliphatic carbocycles. The van der Waals surface area contributed by atoms with E-state index in [2.05, 4.69) is 31.4 Å². The Bertz CT molecular complexity index is 333. The van der Waals surface area contributed by atoms with E-state index in [0.717, 1.165) is 24.7 Å². The van der Waals surface area contributed by atoms with Crippen molar-refractivity contribution >= 4 is 0 Å². The zero-order valence-electron chi connectivity index (χ0n) is 10.2. The average Bonchev–Trinajstić information content (AvgIpc) is 3.08. The van der Waals surface area contributed by atoms with Crippen molar-refractivity contribution in [1.29, 1.82) is 0 Å². The lowest BCUT2D eigenvalue weighted by Crippen LogP contribution is -2.29. The van der Waals surface area contributed by atoms with E-state index in [1.807, 2.05) is 12.1 Å². The molecule has 0 aromatic heterocycles. The molecule has 1 fully saturated rings. The van der Waals surface area contributed by atoms with E-state index in [1.165, 1.54) is 18.4 Å². The summed E-state index contributed by atoms with van der Waals surface area (Å²) in [5.74, 6) is 1.89. The molecule has 1 atom stereocenters. The van der Waals surface area contributed by atoms with Gasteiger partial charge in [-0.2, -0.15) is 0 Å². The minimum absolute atomic E-state index is 0.643. The molecule has 2 nitrogen and oxygen atoms in total. The number of aryl methyl sites for hydroxylation is 1. The largest absolute Gasteiger partial charge is 0.494 e. The van der Waals surface area contributed by atoms with Crippen LogP contribution in [0.15, 0.2) is 24.3 Å². The van der Waals surface area contributed by atoms with Gasteiger partial charge in [-0.25, -0.2) is 0 Å². The second kappa shape index (κ2) is 5.35. The second-order valence-corrected chi connectivity index (χ2v) is 4.69. The van der Waals surface area contributed by atoms with Crippen LogP contribution in [0.1, 0.15) is 24.8 Å². The zero-order valence-corrected chi connectivity index (χ0v) is 10.2. The first-order valence-electron chi connectivity index (χ1n) is 6.16. The Morgan fingerprint density at radius 1 is 1.44 bits per heavy atom. The molecule has 1 saturated carbocycles. The summed E-state index contributed by atoms with van der Waals surface area (Å²) in [6, 6.07) is 8.89. The maximum Gasteiger partial charge on any atom is 0.119 e. The minimum Gasteiger partial charge on any atom is -0.494 e. The fourth-order valence-corrected chi connectivity index (χ4v) is 2.12. The van der Waals surface area contributed by atoms with Gasteiger partial charge < -0.3 is 10.1 Å². The zero-order chi connectivity index (χ0) is 11.4. The maximum atomic E-state index is 5.76. The molecule has 0 heterocycles. The highest BCUT2D eigenvalue weighted by molar-refractivity contribution is 5.27. The fraction of sp³-hybridized carbons (Fsp3) is 0.571. The van der Waals surface area contributed by atoms with Crippen LogP contribution in [0.25, 0.3) is 0 Å². The van der Waals surface area contributed by atoms with Crippen molar-refractivity contribution in [2.24, 2.45) is 5.92 Å². The minimum atomic E-state index is 0.643. The van der Waals surface area contributed by atoms with E-state index in [9.17, 15) is 0 Å². The maximum absolute atomic E-state index is 5.76. The van der Waals surface area contributed by atoms with E-state index in [-0.39, 0.29) is 0 Å². The summed E-state index contributed by atoms with van der Waals surface area (Å²) < 4.78 is 5.76. The first kappa shape index (κ1) is 11.5. The SMILES string of the molecule is CNC(CCOc1cccc(C)c1)C1CC1. The summed E-state index contributed by atoms with van der Waals surface area (Å²) in [6.45, 7) is 2.90. The van der Waals surface area contributed by atoms with E-state index in [1.54, 1.807) is 0 Å². The van der Waals surface area contributed by atoms with Crippen LogP contribution >= 0.6 is 0 Å². The molecular weight excluding hydrogens is 198 g/mol. The molecular formula is C14H21NO. The molecule has 2 rings (SSSR count). The second-order valence-electron chi connectivity index (χ2n) is 4.69. The van der Waals surface area contributed by atoms with Gasteiger partial charge in [0.05, 0.1) is 6.61 Å². The number of hydrogen-bond donors (Lipinski definition) is 1. The Morgan fingerprint density at radius 3 is 2.88 bits per heavy atom. The van der Waals surface area contributed by atoms with Crippen molar-refractivity contribution in [2.75, 3.05) is 13.7 Å². The number of rotatable bonds is 6. The van der Waals surface area contributed by atoms with Crippen molar-refractivity contribution in [3.05, 3.63) is 29.8 Å². The van der Waals surface area contributed by atoms with Gasteiger partial charge in [0.1, 0.15) is 5.75 Å². The van der Waals surface area contributed by atoms with Gasteiger partial charge in [-0.1, -0.05) is 12.1 Å². The highest BCUT2D eigenvalue weighted by atomic mass is 16.5. The lowest BCUT2D eigenvalue weighted by Gasteiger charge is -2.15. The molecule has 88 valence electrons. The van der Waals surface area contributed by atoms with Gasteiger partial charge >= 0.3 is 0 Å². The van der Waals surface area contributed by atoms with Crippen molar-refractivity contribution < 1.29 is 4.74 Å². The van der Waals surface area contributed by atoms with Gasteiger partial charge in [0.15, 0.2) is 0 Å². The highest BCUT2D eigenvalue weighted by Crippen LogP contribution is 2.33. The quantitative estimate of drug-likeness (QED) is 0.794. The summed E-state index contributed by atoms with van der Waals surface area (Å²) in [5.41, 5.74) is 1.25. The first-order chi connectivity index (χ1) is 7.79. The summed E-state index contributed by atoms with van der Waals surface area (Å²) in [5, 5.41) is 3.38. The number of benzene rings is 1. The Morgan fingerprint density at radius 2 is 2.25 bits per heavy atom. The molecule has 1 unspecified atom stereocenters. The molecule has 0 bridgehead atoms. The monoisotopic (exact) mass is 219 g/mol. The molecule has 1 aliphatic rings. The smallest absolute Gasteiger partial charge is 0.119 e. The fourth-order valence-electron chi connectivity index (χ4n) is 2.12. The highest BCUT2D eigenvalue weighted by Gasteiger charge is 2.29. The van der Waals surface area contributed by atoms with Gasteiger partial charge in [-0.15, -0.1) is 0 Å². The van der Waals surface area contributed by atoms with Gasteiger partial charge in [-0.3, -0.25) is 0 Å². The standard InChI is InChI=1S/C14H21NO/c1-11-4-3-5-13(10-11)16-9-8-14(15-2)12-6-7-12/h3-5,10,12,14-15H,6-9H2,1-2H3. The van der Waals surface area contributed by atoms with Crippen LogP contribution < -0.4 is 10.1 Å². The normalized spacial score (nSPS) is 17.1. The van der Waals surface area contributed by atoms with E-state index < -0.39 is 0 Å². The molecule has 0 saturated heterocycles. The predicted molar refractivity (Wildman–Crippen MR) is 66.9 cm³/mol. The molecule has 0 aliphatic heterocycles. The van der Waals surface area contributed by atoms with Crippen LogP contribution in [-0.2, 0) is 0 Å². The van der Waals surface area contributed by atoms with Crippen LogP contribution in [0.3, 0.4) is 0 Å². The third-order valence-corrected chi connectivity index (χ3v) is 3.25. The van der Waals surface area contributed by atoms with Crippen LogP contribution in [0.4, 0.5) is 0 Å². The lowest BCUT2D eigenvalue weighted by atomic mass is 10.1. The van der Waals surface area contributed by atoms with Gasteiger partial charge in [0.2, 0.25) is 0 Å². The predicted octanol–water partition coefficient (Wildman–Crippen LogP) is 2.76. The third kappa shape index (κ3) is 3.24. The summed E-state index contributed by atoms with van der Waals surface area (Å²) in [4.78, 5) is 0. The topological polar surface area (TPSA) is 21.3 Å². The van der Waals surface area contributed by atoms with E-state index in [0.29, 0.717) is 6.04 Å². The summed E-state index contributed by atoms with van der Waals surface area (Å²) in [6.07, 6.45) is 3.88. The Hall–Kier alpha value is -1.02. The lowest BCUT2D eigenvalue weighted by molar-refractivity contribution is 0.280. The Balaban J connectivity index is 1.74. The Kier molecular flexibility index (Phi) is 3.83. The Labute approximate surface area is 98.0 Å². The molecule has 1 aromatic carbocycles. The van der Waals surface area contributed by atoms with Crippen molar-refractivity contribution in [1.82, 2.24) is 5.32 Å². The van der Waals surface area contributed by atoms with Gasteiger partial charge in [0, 0.05) is 6.04 Å². The van der Waals surface area contributed by atoms with Crippen LogP contribution in [-0.4, -0.2) is 19.7 Å². The van der Waals surface area contributed by atoms with Gasteiger partial charge in [0.25, 0.3) is 0 Å². The van der Waals surface area contributed by atoms with Crippen LogP contribution in [0.5, 0.6) is 5.75 Å². The average molecular weight is 219 g/mol. The molecule has 0 spiro atoms. The molecule has 0 amide bonds. The van der Waals surface area contributed by atoms with Crippen LogP contribution in [0.2, 0.25) is 0 Å². The number of ether oxygens (including phenoxy) is 1.